The number of carbonyl (C=O) groups excluding carboxylic acids is 2. The van der Waals surface area contributed by atoms with Crippen LogP contribution in [0.25, 0.3) is 0 Å². The monoisotopic (exact) mass is 172 g/mol. The highest BCUT2D eigenvalue weighted by atomic mass is 16.2. The van der Waals surface area contributed by atoms with Gasteiger partial charge in [-0.15, -0.1) is 0 Å². The molecule has 0 saturated heterocycles. The van der Waals surface area contributed by atoms with Gasteiger partial charge in [-0.25, -0.2) is 0 Å². The minimum absolute atomic E-state index is 0.0354. The quantitative estimate of drug-likeness (QED) is 0.610. The fraction of sp³-hybridized carbons (Fsp3) is 0.750. The van der Waals surface area contributed by atoms with E-state index < -0.39 is 6.04 Å². The lowest BCUT2D eigenvalue weighted by molar-refractivity contribution is -0.127. The van der Waals surface area contributed by atoms with Gasteiger partial charge < -0.3 is 11.1 Å². The number of ketones is 1. The SMILES string of the molecule is CC(=O)C(NC(=O)CN)C(C)C. The number of nitrogens with two attached hydrogens (primary N) is 1. The summed E-state index contributed by atoms with van der Waals surface area (Å²) in [6, 6.07) is -0.402. The fourth-order valence-corrected chi connectivity index (χ4v) is 0.970. The van der Waals surface area contributed by atoms with Gasteiger partial charge in [0.25, 0.3) is 0 Å². The molecule has 0 heterocycles. The molecular formula is C8H16N2O2. The summed E-state index contributed by atoms with van der Waals surface area (Å²) in [5.41, 5.74) is 5.10. The van der Waals surface area contributed by atoms with Crippen LogP contribution in [0.15, 0.2) is 0 Å². The number of Topliss-reactive ketones (excluding diaryl/α,β-unsaturated/α-hetero) is 1. The Morgan fingerprint density at radius 1 is 1.42 bits per heavy atom. The van der Waals surface area contributed by atoms with E-state index in [1.807, 2.05) is 13.8 Å². The third-order valence-electron chi connectivity index (χ3n) is 1.61. The molecular weight excluding hydrogens is 156 g/mol. The number of nitrogens with one attached hydrogen (secondary N) is 1. The minimum Gasteiger partial charge on any atom is -0.345 e. The zero-order valence-electron chi connectivity index (χ0n) is 7.76. The molecule has 0 saturated carbocycles. The molecule has 0 aromatic heterocycles. The van der Waals surface area contributed by atoms with E-state index in [0.29, 0.717) is 0 Å². The van der Waals surface area contributed by atoms with Gasteiger partial charge in [-0.1, -0.05) is 13.8 Å². The molecule has 1 amide bonds. The van der Waals surface area contributed by atoms with Crippen molar-refractivity contribution < 1.29 is 9.59 Å². The Labute approximate surface area is 72.5 Å². The highest BCUT2D eigenvalue weighted by Crippen LogP contribution is 2.01. The molecule has 0 fully saturated rings. The number of amides is 1. The van der Waals surface area contributed by atoms with Gasteiger partial charge in [-0.05, 0) is 12.8 Å². The minimum atomic E-state index is -0.402. The Hall–Kier alpha value is -0.900. The maximum atomic E-state index is 11.0. The van der Waals surface area contributed by atoms with Crippen LogP contribution in [0.1, 0.15) is 20.8 Å². The highest BCUT2D eigenvalue weighted by molar-refractivity contribution is 5.88. The van der Waals surface area contributed by atoms with Crippen LogP contribution in [-0.2, 0) is 9.59 Å². The summed E-state index contributed by atoms with van der Waals surface area (Å²) in [5.74, 6) is -0.214. The molecule has 0 spiro atoms. The summed E-state index contributed by atoms with van der Waals surface area (Å²) in [7, 11) is 0. The van der Waals surface area contributed by atoms with E-state index in [9.17, 15) is 9.59 Å². The molecule has 0 radical (unpaired) electrons. The lowest BCUT2D eigenvalue weighted by Gasteiger charge is -2.18. The predicted molar refractivity (Wildman–Crippen MR) is 46.5 cm³/mol. The molecule has 12 heavy (non-hydrogen) atoms. The highest BCUT2D eigenvalue weighted by Gasteiger charge is 2.19. The summed E-state index contributed by atoms with van der Waals surface area (Å²) >= 11 is 0. The third-order valence-corrected chi connectivity index (χ3v) is 1.61. The van der Waals surface area contributed by atoms with Crippen LogP contribution in [0, 0.1) is 5.92 Å². The first-order valence-corrected chi connectivity index (χ1v) is 3.99. The zero-order valence-corrected chi connectivity index (χ0v) is 7.76. The van der Waals surface area contributed by atoms with Crippen molar-refractivity contribution in [2.45, 2.75) is 26.8 Å². The Balaban J connectivity index is 4.14. The first kappa shape index (κ1) is 11.1. The molecule has 4 heteroatoms. The Bertz CT molecular complexity index is 178. The van der Waals surface area contributed by atoms with E-state index in [1.54, 1.807) is 0 Å². The van der Waals surface area contributed by atoms with Crippen LogP contribution in [0.4, 0.5) is 0 Å². The molecule has 0 aliphatic heterocycles. The number of hydrogen-bond donors (Lipinski definition) is 2. The second-order valence-corrected chi connectivity index (χ2v) is 3.10. The lowest BCUT2D eigenvalue weighted by Crippen LogP contribution is -2.45. The zero-order chi connectivity index (χ0) is 9.72. The van der Waals surface area contributed by atoms with Gasteiger partial charge in [-0.2, -0.15) is 0 Å². The van der Waals surface area contributed by atoms with Crippen LogP contribution >= 0.6 is 0 Å². The van der Waals surface area contributed by atoms with Crippen molar-refractivity contribution in [3.8, 4) is 0 Å². The molecule has 0 aliphatic rings. The standard InChI is InChI=1S/C8H16N2O2/c1-5(2)8(6(3)11)10-7(12)4-9/h5,8H,4,9H2,1-3H3,(H,10,12). The summed E-state index contributed by atoms with van der Waals surface area (Å²) in [6.07, 6.45) is 0. The van der Waals surface area contributed by atoms with Gasteiger partial charge in [0.2, 0.25) is 5.91 Å². The molecule has 4 nitrogen and oxygen atoms in total. The summed E-state index contributed by atoms with van der Waals surface area (Å²) in [4.78, 5) is 21.8. The van der Waals surface area contributed by atoms with Gasteiger partial charge in [-0.3, -0.25) is 9.59 Å². The van der Waals surface area contributed by atoms with Crippen LogP contribution in [-0.4, -0.2) is 24.3 Å². The Kier molecular flexibility index (Phi) is 4.51. The first-order valence-electron chi connectivity index (χ1n) is 3.99. The lowest BCUT2D eigenvalue weighted by atomic mass is 10.0. The molecule has 1 unspecified atom stereocenters. The van der Waals surface area contributed by atoms with Crippen molar-refractivity contribution in [2.75, 3.05) is 6.54 Å². The first-order chi connectivity index (χ1) is 5.49. The van der Waals surface area contributed by atoms with Gasteiger partial charge >= 0.3 is 0 Å². The van der Waals surface area contributed by atoms with Crippen molar-refractivity contribution >= 4 is 11.7 Å². The van der Waals surface area contributed by atoms with Gasteiger partial charge in [0.15, 0.2) is 5.78 Å². The predicted octanol–water partition coefficient (Wildman–Crippen LogP) is -0.325. The number of rotatable bonds is 4. The maximum absolute atomic E-state index is 11.0. The van der Waals surface area contributed by atoms with E-state index in [4.69, 9.17) is 5.73 Å². The average molecular weight is 172 g/mol. The van der Waals surface area contributed by atoms with E-state index >= 15 is 0 Å². The van der Waals surface area contributed by atoms with Crippen LogP contribution < -0.4 is 11.1 Å². The van der Waals surface area contributed by atoms with Crippen molar-refractivity contribution in [1.82, 2.24) is 5.32 Å². The van der Waals surface area contributed by atoms with Crippen molar-refractivity contribution in [3.63, 3.8) is 0 Å². The summed E-state index contributed by atoms with van der Waals surface area (Å²) in [5, 5.41) is 2.55. The molecule has 1 atom stereocenters. The van der Waals surface area contributed by atoms with E-state index in [0.717, 1.165) is 0 Å². The second-order valence-electron chi connectivity index (χ2n) is 3.10. The molecule has 0 bridgehead atoms. The van der Waals surface area contributed by atoms with E-state index in [2.05, 4.69) is 5.32 Å². The normalized spacial score (nSPS) is 12.8. The smallest absolute Gasteiger partial charge is 0.234 e. The van der Waals surface area contributed by atoms with E-state index in [-0.39, 0.29) is 24.2 Å². The molecule has 0 rings (SSSR count). The van der Waals surface area contributed by atoms with Gasteiger partial charge in [0.1, 0.15) is 0 Å². The molecule has 70 valence electrons. The maximum Gasteiger partial charge on any atom is 0.234 e. The van der Waals surface area contributed by atoms with Crippen LogP contribution in [0.3, 0.4) is 0 Å². The van der Waals surface area contributed by atoms with E-state index in [1.165, 1.54) is 6.92 Å². The van der Waals surface area contributed by atoms with Gasteiger partial charge in [0.05, 0.1) is 12.6 Å². The number of carbonyl (C=O) groups is 2. The molecule has 0 aliphatic carbocycles. The third kappa shape index (κ3) is 3.48. The Morgan fingerprint density at radius 2 is 1.92 bits per heavy atom. The Morgan fingerprint density at radius 3 is 2.17 bits per heavy atom. The molecule has 0 aromatic rings. The summed E-state index contributed by atoms with van der Waals surface area (Å²) in [6.45, 7) is 5.14. The average Bonchev–Trinajstić information content (AvgIpc) is 1.98. The van der Waals surface area contributed by atoms with Crippen molar-refractivity contribution in [2.24, 2.45) is 11.7 Å². The largest absolute Gasteiger partial charge is 0.345 e. The summed E-state index contributed by atoms with van der Waals surface area (Å²) < 4.78 is 0. The number of hydrogen-bond acceptors (Lipinski definition) is 3. The fourth-order valence-electron chi connectivity index (χ4n) is 0.970. The van der Waals surface area contributed by atoms with Crippen molar-refractivity contribution in [3.05, 3.63) is 0 Å². The van der Waals surface area contributed by atoms with Crippen LogP contribution in [0.5, 0.6) is 0 Å². The van der Waals surface area contributed by atoms with Crippen molar-refractivity contribution in [1.29, 1.82) is 0 Å². The second kappa shape index (κ2) is 4.87. The molecule has 0 aromatic carbocycles. The molecule has 3 N–H and O–H groups in total. The van der Waals surface area contributed by atoms with Crippen LogP contribution in [0.2, 0.25) is 0 Å². The van der Waals surface area contributed by atoms with Gasteiger partial charge in [0, 0.05) is 0 Å². The topological polar surface area (TPSA) is 72.2 Å².